The van der Waals surface area contributed by atoms with Crippen LogP contribution in [0.25, 0.3) is 11.0 Å². The monoisotopic (exact) mass is 322 g/mol. The standard InChI is InChI=1S/C13H14N4O4S/c18-17(19)10-3-4-11-12(6-10)15-7-13(16-11)22(20,21)8-9-2-1-5-14-9/h3-4,6-7,9,14H,1-2,5,8H2/t9-/m1/s1. The van der Waals surface area contributed by atoms with E-state index in [9.17, 15) is 18.5 Å². The van der Waals surface area contributed by atoms with Gasteiger partial charge in [0.25, 0.3) is 5.69 Å². The number of fused-ring (bicyclic) bond motifs is 1. The van der Waals surface area contributed by atoms with Crippen molar-refractivity contribution in [1.29, 1.82) is 0 Å². The summed E-state index contributed by atoms with van der Waals surface area (Å²) < 4.78 is 24.7. The quantitative estimate of drug-likeness (QED) is 0.661. The van der Waals surface area contributed by atoms with Crippen LogP contribution in [0.15, 0.2) is 29.4 Å². The summed E-state index contributed by atoms with van der Waals surface area (Å²) in [4.78, 5) is 18.3. The van der Waals surface area contributed by atoms with Gasteiger partial charge in [-0.2, -0.15) is 0 Å². The van der Waals surface area contributed by atoms with Crippen LogP contribution in [-0.4, -0.2) is 41.6 Å². The van der Waals surface area contributed by atoms with Gasteiger partial charge in [0.15, 0.2) is 14.9 Å². The number of nitro groups is 1. The molecule has 1 aliphatic rings. The summed E-state index contributed by atoms with van der Waals surface area (Å²) in [5, 5.41) is 13.8. The highest BCUT2D eigenvalue weighted by Crippen LogP contribution is 2.20. The van der Waals surface area contributed by atoms with Gasteiger partial charge in [0.2, 0.25) is 0 Å². The van der Waals surface area contributed by atoms with Crippen LogP contribution >= 0.6 is 0 Å². The Morgan fingerprint density at radius 3 is 2.86 bits per heavy atom. The summed E-state index contributed by atoms with van der Waals surface area (Å²) in [5.41, 5.74) is 0.519. The van der Waals surface area contributed by atoms with Crippen molar-refractivity contribution in [3.63, 3.8) is 0 Å². The number of nitrogens with one attached hydrogen (secondary N) is 1. The van der Waals surface area contributed by atoms with Gasteiger partial charge in [-0.1, -0.05) is 0 Å². The molecule has 1 aromatic heterocycles. The van der Waals surface area contributed by atoms with Crippen molar-refractivity contribution in [1.82, 2.24) is 15.3 Å². The number of non-ortho nitro benzene ring substituents is 1. The van der Waals surface area contributed by atoms with E-state index in [1.807, 2.05) is 0 Å². The molecule has 1 fully saturated rings. The van der Waals surface area contributed by atoms with Crippen molar-refractivity contribution in [2.45, 2.75) is 23.9 Å². The van der Waals surface area contributed by atoms with E-state index in [1.165, 1.54) is 18.2 Å². The summed E-state index contributed by atoms with van der Waals surface area (Å²) in [5.74, 6) is -0.0137. The smallest absolute Gasteiger partial charge is 0.271 e. The average Bonchev–Trinajstić information content (AvgIpc) is 2.98. The van der Waals surface area contributed by atoms with Gasteiger partial charge in [0.05, 0.1) is 27.9 Å². The number of hydrogen-bond acceptors (Lipinski definition) is 7. The molecule has 2 aromatic rings. The Hall–Kier alpha value is -2.13. The first-order valence-electron chi connectivity index (χ1n) is 6.83. The number of sulfone groups is 1. The molecule has 1 saturated heterocycles. The van der Waals surface area contributed by atoms with Crippen molar-refractivity contribution < 1.29 is 13.3 Å². The number of nitro benzene ring substituents is 1. The van der Waals surface area contributed by atoms with Crippen LogP contribution in [0.3, 0.4) is 0 Å². The van der Waals surface area contributed by atoms with Crippen LogP contribution in [0.2, 0.25) is 0 Å². The second-order valence-electron chi connectivity index (χ2n) is 5.21. The molecule has 3 rings (SSSR count). The Morgan fingerprint density at radius 2 is 2.18 bits per heavy atom. The third-order valence-corrected chi connectivity index (χ3v) is 5.29. The van der Waals surface area contributed by atoms with E-state index in [-0.39, 0.29) is 22.5 Å². The minimum Gasteiger partial charge on any atom is -0.313 e. The molecule has 9 heteroatoms. The molecule has 0 aliphatic carbocycles. The summed E-state index contributed by atoms with van der Waals surface area (Å²) in [6, 6.07) is 3.91. The van der Waals surface area contributed by atoms with Gasteiger partial charge in [-0.25, -0.2) is 13.4 Å². The minimum atomic E-state index is -3.53. The second kappa shape index (κ2) is 5.58. The predicted molar refractivity (Wildman–Crippen MR) is 79.3 cm³/mol. The van der Waals surface area contributed by atoms with Crippen LogP contribution in [0.5, 0.6) is 0 Å². The fraction of sp³-hybridized carbons (Fsp3) is 0.385. The van der Waals surface area contributed by atoms with Crippen molar-refractivity contribution in [3.8, 4) is 0 Å². The van der Waals surface area contributed by atoms with Crippen molar-refractivity contribution in [3.05, 3.63) is 34.5 Å². The Bertz CT molecular complexity index is 831. The molecule has 22 heavy (non-hydrogen) atoms. The van der Waals surface area contributed by atoms with Gasteiger partial charge in [-0.3, -0.25) is 15.1 Å². The van der Waals surface area contributed by atoms with Crippen molar-refractivity contribution in [2.24, 2.45) is 0 Å². The normalized spacial score (nSPS) is 18.6. The first-order valence-corrected chi connectivity index (χ1v) is 8.48. The summed E-state index contributed by atoms with van der Waals surface area (Å²) >= 11 is 0. The molecule has 1 aliphatic heterocycles. The molecule has 0 bridgehead atoms. The maximum atomic E-state index is 12.4. The predicted octanol–water partition coefficient (Wildman–Crippen LogP) is 1.06. The van der Waals surface area contributed by atoms with Crippen LogP contribution in [0.1, 0.15) is 12.8 Å². The molecule has 8 nitrogen and oxygen atoms in total. The average molecular weight is 322 g/mol. The summed E-state index contributed by atoms with van der Waals surface area (Å²) in [6.07, 6.45) is 2.95. The zero-order chi connectivity index (χ0) is 15.7. The molecule has 0 amide bonds. The van der Waals surface area contributed by atoms with Crippen LogP contribution in [0, 0.1) is 10.1 Å². The van der Waals surface area contributed by atoms with Crippen LogP contribution < -0.4 is 5.32 Å². The van der Waals surface area contributed by atoms with E-state index in [0.29, 0.717) is 11.0 Å². The largest absolute Gasteiger partial charge is 0.313 e. The molecule has 116 valence electrons. The maximum Gasteiger partial charge on any atom is 0.271 e. The fourth-order valence-corrected chi connectivity index (χ4v) is 3.93. The summed E-state index contributed by atoms with van der Waals surface area (Å²) in [6.45, 7) is 0.827. The summed E-state index contributed by atoms with van der Waals surface area (Å²) in [7, 11) is -3.53. The van der Waals surface area contributed by atoms with Gasteiger partial charge >= 0.3 is 0 Å². The first kappa shape index (κ1) is 14.8. The van der Waals surface area contributed by atoms with E-state index in [0.717, 1.165) is 25.6 Å². The lowest BCUT2D eigenvalue weighted by Crippen LogP contribution is -2.30. The van der Waals surface area contributed by atoms with E-state index < -0.39 is 14.8 Å². The lowest BCUT2D eigenvalue weighted by atomic mass is 10.2. The SMILES string of the molecule is O=[N+]([O-])c1ccc2nc(S(=O)(=O)C[C@H]3CCCN3)cnc2c1. The lowest BCUT2D eigenvalue weighted by molar-refractivity contribution is -0.384. The molecule has 1 aromatic carbocycles. The molecule has 0 unspecified atom stereocenters. The number of nitrogens with zero attached hydrogens (tertiary/aromatic N) is 3. The van der Waals surface area contributed by atoms with Gasteiger partial charge in [-0.05, 0) is 25.5 Å². The van der Waals surface area contributed by atoms with Gasteiger partial charge in [0, 0.05) is 18.2 Å². The Balaban J connectivity index is 1.94. The Kier molecular flexibility index (Phi) is 3.75. The van der Waals surface area contributed by atoms with E-state index in [4.69, 9.17) is 0 Å². The zero-order valence-corrected chi connectivity index (χ0v) is 12.4. The highest BCUT2D eigenvalue weighted by molar-refractivity contribution is 7.91. The van der Waals surface area contributed by atoms with Crippen LogP contribution in [0.4, 0.5) is 5.69 Å². The number of aromatic nitrogens is 2. The fourth-order valence-electron chi connectivity index (χ4n) is 2.49. The Morgan fingerprint density at radius 1 is 1.36 bits per heavy atom. The highest BCUT2D eigenvalue weighted by Gasteiger charge is 2.25. The van der Waals surface area contributed by atoms with E-state index in [2.05, 4.69) is 15.3 Å². The maximum absolute atomic E-state index is 12.4. The number of benzene rings is 1. The third kappa shape index (κ3) is 2.90. The minimum absolute atomic E-state index is 0.0137. The molecular weight excluding hydrogens is 308 g/mol. The van der Waals surface area contributed by atoms with Gasteiger partial charge in [-0.15, -0.1) is 0 Å². The molecule has 0 radical (unpaired) electrons. The van der Waals surface area contributed by atoms with Gasteiger partial charge < -0.3 is 5.32 Å². The Labute approximate surface area is 126 Å². The van der Waals surface area contributed by atoms with Crippen molar-refractivity contribution >= 4 is 26.6 Å². The molecule has 1 N–H and O–H groups in total. The van der Waals surface area contributed by atoms with E-state index in [1.54, 1.807) is 0 Å². The molecular formula is C13H14N4O4S. The molecule has 2 heterocycles. The highest BCUT2D eigenvalue weighted by atomic mass is 32.2. The first-order chi connectivity index (χ1) is 10.5. The topological polar surface area (TPSA) is 115 Å². The molecule has 1 atom stereocenters. The van der Waals surface area contributed by atoms with Crippen molar-refractivity contribution in [2.75, 3.05) is 12.3 Å². The van der Waals surface area contributed by atoms with Crippen LogP contribution in [-0.2, 0) is 9.84 Å². The van der Waals surface area contributed by atoms with E-state index >= 15 is 0 Å². The zero-order valence-electron chi connectivity index (χ0n) is 11.6. The number of rotatable bonds is 4. The lowest BCUT2D eigenvalue weighted by Gasteiger charge is -2.10. The third-order valence-electron chi connectivity index (χ3n) is 3.62. The number of hydrogen-bond donors (Lipinski definition) is 1. The molecule has 0 saturated carbocycles. The molecule has 0 spiro atoms. The second-order valence-corrected chi connectivity index (χ2v) is 7.19. The van der Waals surface area contributed by atoms with Gasteiger partial charge in [0.1, 0.15) is 0 Å².